The molecule has 16 heteroatoms. The van der Waals surface area contributed by atoms with Crippen LogP contribution in [0.3, 0.4) is 0 Å². The summed E-state index contributed by atoms with van der Waals surface area (Å²) >= 11 is 0. The third kappa shape index (κ3) is 6.57. The van der Waals surface area contributed by atoms with Crippen LogP contribution < -0.4 is 11.5 Å². The van der Waals surface area contributed by atoms with E-state index in [9.17, 15) is 27.0 Å². The van der Waals surface area contributed by atoms with Crippen molar-refractivity contribution in [2.75, 3.05) is 0 Å². The molecule has 32 heavy (non-hydrogen) atoms. The molecular weight excluding hydrogens is 468 g/mol. The second-order valence-corrected chi connectivity index (χ2v) is 8.64. The van der Waals surface area contributed by atoms with Gasteiger partial charge in [0.25, 0.3) is 20.2 Å². The summed E-state index contributed by atoms with van der Waals surface area (Å²) in [5.74, 6) is -2.06. The van der Waals surface area contributed by atoms with E-state index in [0.717, 1.165) is 36.7 Å². The van der Waals surface area contributed by atoms with Gasteiger partial charge >= 0.3 is 0 Å². The van der Waals surface area contributed by atoms with E-state index in [1.165, 1.54) is 12.1 Å². The van der Waals surface area contributed by atoms with Crippen LogP contribution in [0.4, 0.5) is 0 Å². The van der Waals surface area contributed by atoms with Gasteiger partial charge in [-0.3, -0.25) is 9.11 Å². The predicted octanol–water partition coefficient (Wildman–Crippen LogP) is -0.326. The van der Waals surface area contributed by atoms with Crippen LogP contribution >= 0.6 is 0 Å². The Morgan fingerprint density at radius 2 is 1.06 bits per heavy atom. The summed E-state index contributed by atoms with van der Waals surface area (Å²) in [5.41, 5.74) is 11.5. The highest BCUT2D eigenvalue weighted by Gasteiger charge is 2.16. The van der Waals surface area contributed by atoms with E-state index >= 15 is 0 Å². The molecule has 0 atom stereocenters. The second-order valence-electron chi connectivity index (χ2n) is 5.86. The average molecular weight is 484 g/mol. The molecule has 0 spiro atoms. The lowest BCUT2D eigenvalue weighted by atomic mass is 10.2. The van der Waals surface area contributed by atoms with Crippen LogP contribution in [-0.2, 0) is 20.2 Å². The fourth-order valence-electron chi connectivity index (χ4n) is 2.05. The molecule has 2 aromatic carbocycles. The molecule has 0 aliphatic heterocycles. The third-order valence-corrected chi connectivity index (χ3v) is 5.30. The lowest BCUT2D eigenvalue weighted by molar-refractivity contribution is 0.441. The van der Waals surface area contributed by atoms with Crippen molar-refractivity contribution in [1.82, 2.24) is 0 Å². The zero-order valence-electron chi connectivity index (χ0n) is 15.8. The highest BCUT2D eigenvalue weighted by atomic mass is 32.2. The number of amidine groups is 2. The standard InChI is InChI=1S/C16H16N6O8S2/c17-15(21-19-7-9-1-3-11(23)13(5-9)31(25,26)27)16(18)22-20-8-10-2-4-12(24)14(6-10)32(28,29)30/h1-8,23-24H,(H2,17,21)(H2,18,22)(H,25,26,27)(H,28,29,30)/b19-7+,20-8+. The molecule has 0 fully saturated rings. The second kappa shape index (κ2) is 9.52. The van der Waals surface area contributed by atoms with E-state index in [4.69, 9.17) is 20.6 Å². The Hall–Kier alpha value is -3.86. The van der Waals surface area contributed by atoms with Gasteiger partial charge in [-0.15, -0.1) is 10.2 Å². The number of phenols is 2. The van der Waals surface area contributed by atoms with Crippen molar-refractivity contribution in [2.24, 2.45) is 31.9 Å². The van der Waals surface area contributed by atoms with Crippen LogP contribution in [0.25, 0.3) is 0 Å². The van der Waals surface area contributed by atoms with Crippen molar-refractivity contribution in [1.29, 1.82) is 0 Å². The molecular formula is C16H16N6O8S2. The fourth-order valence-corrected chi connectivity index (χ4v) is 3.29. The maximum atomic E-state index is 11.2. The Morgan fingerprint density at radius 1 is 0.719 bits per heavy atom. The minimum atomic E-state index is -4.65. The van der Waals surface area contributed by atoms with E-state index in [2.05, 4.69) is 20.4 Å². The molecule has 2 rings (SSSR count). The minimum absolute atomic E-state index is 0.155. The smallest absolute Gasteiger partial charge is 0.298 e. The molecule has 0 heterocycles. The minimum Gasteiger partial charge on any atom is -0.506 e. The molecule has 0 saturated heterocycles. The number of benzene rings is 2. The lowest BCUT2D eigenvalue weighted by Gasteiger charge is -2.01. The van der Waals surface area contributed by atoms with Crippen LogP contribution in [0.15, 0.2) is 66.6 Å². The van der Waals surface area contributed by atoms with Gasteiger partial charge in [-0.2, -0.15) is 27.0 Å². The SMILES string of the molecule is NC(=N\N=C\c1ccc(O)c(S(=O)(=O)O)c1)/C(N)=N/N=C/c1ccc(O)c(S(=O)(=O)O)c1. The van der Waals surface area contributed by atoms with Gasteiger partial charge in [0.2, 0.25) is 0 Å². The molecule has 0 bridgehead atoms. The van der Waals surface area contributed by atoms with Crippen LogP contribution in [0.2, 0.25) is 0 Å². The zero-order valence-corrected chi connectivity index (χ0v) is 17.4. The molecule has 0 radical (unpaired) electrons. The summed E-state index contributed by atoms with van der Waals surface area (Å²) in [4.78, 5) is -1.44. The maximum absolute atomic E-state index is 11.2. The van der Waals surface area contributed by atoms with E-state index in [-0.39, 0.29) is 22.8 Å². The zero-order chi connectivity index (χ0) is 24.1. The summed E-state index contributed by atoms with van der Waals surface area (Å²) in [6.07, 6.45) is 2.12. The number of hydrogen-bond donors (Lipinski definition) is 6. The number of nitrogens with zero attached hydrogens (tertiary/aromatic N) is 4. The topological polar surface area (TPSA) is 251 Å². The van der Waals surface area contributed by atoms with E-state index in [1.54, 1.807) is 0 Å². The van der Waals surface area contributed by atoms with E-state index < -0.39 is 41.5 Å². The van der Waals surface area contributed by atoms with Crippen molar-refractivity contribution >= 4 is 44.3 Å². The largest absolute Gasteiger partial charge is 0.506 e. The maximum Gasteiger partial charge on any atom is 0.298 e. The van der Waals surface area contributed by atoms with Crippen LogP contribution in [0.1, 0.15) is 11.1 Å². The Labute approximate surface area is 181 Å². The van der Waals surface area contributed by atoms with Gasteiger partial charge in [-0.1, -0.05) is 0 Å². The molecule has 0 aromatic heterocycles. The number of nitrogens with two attached hydrogens (primary N) is 2. The first-order valence-corrected chi connectivity index (χ1v) is 11.0. The number of aromatic hydroxyl groups is 2. The van der Waals surface area contributed by atoms with Crippen molar-refractivity contribution in [3.63, 3.8) is 0 Å². The number of rotatable bonds is 6. The first-order chi connectivity index (χ1) is 14.8. The summed E-state index contributed by atoms with van der Waals surface area (Å²) in [6.45, 7) is 0. The molecule has 8 N–H and O–H groups in total. The van der Waals surface area contributed by atoms with Crippen LogP contribution in [-0.4, -0.2) is 60.3 Å². The highest BCUT2D eigenvalue weighted by molar-refractivity contribution is 7.86. The molecule has 0 amide bonds. The van der Waals surface area contributed by atoms with Crippen molar-refractivity contribution in [3.05, 3.63) is 47.5 Å². The molecule has 0 unspecified atom stereocenters. The monoisotopic (exact) mass is 484 g/mol. The predicted molar refractivity (Wildman–Crippen MR) is 114 cm³/mol. The normalized spacial score (nSPS) is 13.8. The summed E-state index contributed by atoms with van der Waals surface area (Å²) < 4.78 is 62.7. The highest BCUT2D eigenvalue weighted by Crippen LogP contribution is 2.23. The van der Waals surface area contributed by atoms with Crippen molar-refractivity contribution < 1.29 is 36.2 Å². The summed E-state index contributed by atoms with van der Waals surface area (Å²) in [6, 6.07) is 6.52. The van der Waals surface area contributed by atoms with Crippen LogP contribution in [0.5, 0.6) is 11.5 Å². The molecule has 2 aromatic rings. The van der Waals surface area contributed by atoms with Gasteiger partial charge in [0.1, 0.15) is 21.3 Å². The lowest BCUT2D eigenvalue weighted by Crippen LogP contribution is -2.30. The summed E-state index contributed by atoms with van der Waals surface area (Å²) in [7, 11) is -9.29. The first-order valence-electron chi connectivity index (χ1n) is 8.13. The van der Waals surface area contributed by atoms with E-state index in [0.29, 0.717) is 0 Å². The quantitative estimate of drug-likeness (QED) is 0.135. The molecule has 0 saturated carbocycles. The van der Waals surface area contributed by atoms with Crippen molar-refractivity contribution in [3.8, 4) is 11.5 Å². The van der Waals surface area contributed by atoms with Crippen LogP contribution in [0, 0.1) is 0 Å². The van der Waals surface area contributed by atoms with Gasteiger partial charge in [0.15, 0.2) is 11.7 Å². The van der Waals surface area contributed by atoms with Gasteiger partial charge in [-0.25, -0.2) is 0 Å². The Bertz CT molecular complexity index is 1260. The Balaban J connectivity index is 2.16. The van der Waals surface area contributed by atoms with Crippen molar-refractivity contribution in [2.45, 2.75) is 9.79 Å². The van der Waals surface area contributed by atoms with Gasteiger partial charge in [0.05, 0.1) is 12.4 Å². The Kier molecular flexibility index (Phi) is 7.26. The molecule has 14 nitrogen and oxygen atoms in total. The average Bonchev–Trinajstić information content (AvgIpc) is 2.68. The van der Waals surface area contributed by atoms with Gasteiger partial charge in [0, 0.05) is 0 Å². The third-order valence-electron chi connectivity index (χ3n) is 3.53. The van der Waals surface area contributed by atoms with Gasteiger partial charge in [-0.05, 0) is 47.5 Å². The number of phenolic OH excluding ortho intramolecular Hbond substituents is 2. The molecule has 0 aliphatic carbocycles. The Morgan fingerprint density at radius 3 is 1.38 bits per heavy atom. The molecule has 0 aliphatic rings. The first kappa shape index (κ1) is 24.4. The summed E-state index contributed by atoms with van der Waals surface area (Å²) in [5, 5.41) is 33.1. The molecule has 170 valence electrons. The number of hydrogen-bond acceptors (Lipinski definition) is 10. The van der Waals surface area contributed by atoms with Gasteiger partial charge < -0.3 is 21.7 Å². The fraction of sp³-hybridized carbons (Fsp3) is 0. The van der Waals surface area contributed by atoms with E-state index in [1.807, 2.05) is 0 Å².